The summed E-state index contributed by atoms with van der Waals surface area (Å²) in [6.07, 6.45) is 10.2. The Balaban J connectivity index is 1.61. The summed E-state index contributed by atoms with van der Waals surface area (Å²) in [6.45, 7) is 2.20. The fourth-order valence-corrected chi connectivity index (χ4v) is 3.52. The fourth-order valence-electron chi connectivity index (χ4n) is 2.77. The monoisotopic (exact) mass is 384 g/mol. The van der Waals surface area contributed by atoms with Gasteiger partial charge in [0.05, 0.1) is 4.88 Å². The number of aromatic amines is 1. The van der Waals surface area contributed by atoms with E-state index in [1.807, 2.05) is 49.4 Å². The minimum Gasteiger partial charge on any atom is -0.494 e. The molecule has 2 N–H and O–H groups in total. The van der Waals surface area contributed by atoms with Gasteiger partial charge in [-0.25, -0.2) is 0 Å². The Morgan fingerprint density at radius 2 is 2.07 bits per heavy atom. The molecule has 2 atom stereocenters. The van der Waals surface area contributed by atoms with Crippen molar-refractivity contribution < 1.29 is 9.84 Å². The molecule has 1 aromatic heterocycles. The Labute approximate surface area is 160 Å². The number of nitroso groups, excluding NO2 is 1. The second kappa shape index (κ2) is 8.64. The van der Waals surface area contributed by atoms with Crippen LogP contribution in [0.3, 0.4) is 0 Å². The van der Waals surface area contributed by atoms with Crippen molar-refractivity contribution in [2.45, 2.75) is 19.4 Å². The van der Waals surface area contributed by atoms with E-state index < -0.39 is 6.04 Å². The third kappa shape index (κ3) is 5.04. The van der Waals surface area contributed by atoms with Crippen LogP contribution in [-0.2, 0) is 6.42 Å². The number of nitrogens with one attached hydrogen (secondary N) is 1. The van der Waals surface area contributed by atoms with Gasteiger partial charge in [0.25, 0.3) is 0 Å². The number of aromatic nitrogens is 1. The molecule has 0 fully saturated rings. The lowest BCUT2D eigenvalue weighted by atomic mass is 10.0. The molecule has 1 aromatic carbocycles. The molecule has 0 radical (unpaired) electrons. The van der Waals surface area contributed by atoms with Gasteiger partial charge in [0.1, 0.15) is 12.4 Å². The lowest BCUT2D eigenvalue weighted by molar-refractivity contribution is 0.303. The third-order valence-electron chi connectivity index (χ3n) is 4.18. The quantitative estimate of drug-likeness (QED) is 0.708. The lowest BCUT2D eigenvalue weighted by Crippen LogP contribution is -2.17. The van der Waals surface area contributed by atoms with Gasteiger partial charge in [-0.1, -0.05) is 66.0 Å². The number of benzene rings is 1. The number of H-pyrrole nitrogens is 1. The molecule has 7 heteroatoms. The number of thiazole rings is 1. The summed E-state index contributed by atoms with van der Waals surface area (Å²) in [4.78, 5) is 25.2. The number of hydrogen-bond acceptors (Lipinski definition) is 6. The Morgan fingerprint density at radius 3 is 2.74 bits per heavy atom. The first-order chi connectivity index (χ1) is 13.0. The molecule has 0 bridgehead atoms. The molecule has 0 saturated heterocycles. The topological polar surface area (TPSA) is 91.8 Å². The molecule has 140 valence electrons. The molecule has 1 aliphatic carbocycles. The highest BCUT2D eigenvalue weighted by molar-refractivity contribution is 7.09. The van der Waals surface area contributed by atoms with Crippen LogP contribution in [0.1, 0.15) is 17.4 Å². The zero-order chi connectivity index (χ0) is 19.2. The number of nitrogens with zero attached hydrogens (tertiary/aromatic N) is 1. The van der Waals surface area contributed by atoms with Gasteiger partial charge in [0.2, 0.25) is 5.88 Å². The van der Waals surface area contributed by atoms with E-state index in [1.54, 1.807) is 12.1 Å². The number of hydrogen-bond donors (Lipinski definition) is 2. The molecule has 27 heavy (non-hydrogen) atoms. The molecule has 0 aliphatic heterocycles. The van der Waals surface area contributed by atoms with Gasteiger partial charge < -0.3 is 9.84 Å². The molecule has 2 unspecified atom stereocenters. The highest BCUT2D eigenvalue weighted by Gasteiger charge is 2.16. The predicted octanol–water partition coefficient (Wildman–Crippen LogP) is 3.94. The normalized spacial score (nSPS) is 17.2. The fraction of sp³-hybridized carbons (Fsp3) is 0.250. The molecular formula is C20H20N2O4S. The van der Waals surface area contributed by atoms with E-state index in [0.29, 0.717) is 17.0 Å². The Morgan fingerprint density at radius 1 is 1.30 bits per heavy atom. The Kier molecular flexibility index (Phi) is 6.03. The van der Waals surface area contributed by atoms with Crippen molar-refractivity contribution in [2.24, 2.45) is 11.1 Å². The molecule has 1 heterocycles. The third-order valence-corrected chi connectivity index (χ3v) is 5.05. The van der Waals surface area contributed by atoms with Crippen LogP contribution < -0.4 is 9.61 Å². The first-order valence-electron chi connectivity index (χ1n) is 8.57. The summed E-state index contributed by atoms with van der Waals surface area (Å²) in [7, 11) is 0. The van der Waals surface area contributed by atoms with E-state index in [2.05, 4.69) is 10.2 Å². The summed E-state index contributed by atoms with van der Waals surface area (Å²) in [5.74, 6) is 0.779. The summed E-state index contributed by atoms with van der Waals surface area (Å²) in [5, 5.41) is 12.9. The number of ether oxygens (including phenoxy) is 1. The first-order valence-corrected chi connectivity index (χ1v) is 9.38. The van der Waals surface area contributed by atoms with E-state index in [9.17, 15) is 14.8 Å². The molecule has 6 nitrogen and oxygen atoms in total. The van der Waals surface area contributed by atoms with E-state index in [-0.39, 0.29) is 23.3 Å². The minimum absolute atomic E-state index is 0.0846. The largest absolute Gasteiger partial charge is 0.494 e. The van der Waals surface area contributed by atoms with Crippen molar-refractivity contribution in [3.05, 3.63) is 85.2 Å². The minimum atomic E-state index is -0.572. The van der Waals surface area contributed by atoms with E-state index >= 15 is 0 Å². The number of aromatic hydroxyl groups is 1. The van der Waals surface area contributed by atoms with Gasteiger partial charge in [0, 0.05) is 6.42 Å². The van der Waals surface area contributed by atoms with Gasteiger partial charge in [0.15, 0.2) is 6.04 Å². The highest BCUT2D eigenvalue weighted by Crippen LogP contribution is 2.22. The summed E-state index contributed by atoms with van der Waals surface area (Å²) in [6, 6.07) is 6.74. The number of allylic oxidation sites excluding steroid dienone is 4. The zero-order valence-corrected chi connectivity index (χ0v) is 15.6. The van der Waals surface area contributed by atoms with Gasteiger partial charge in [-0.2, -0.15) is 4.91 Å². The van der Waals surface area contributed by atoms with Crippen molar-refractivity contribution in [1.29, 1.82) is 0 Å². The maximum Gasteiger partial charge on any atom is 0.307 e. The first kappa shape index (κ1) is 18.8. The van der Waals surface area contributed by atoms with Crippen LogP contribution >= 0.6 is 11.3 Å². The van der Waals surface area contributed by atoms with E-state index in [1.165, 1.54) is 0 Å². The van der Waals surface area contributed by atoms with Crippen LogP contribution in [0, 0.1) is 10.8 Å². The van der Waals surface area contributed by atoms with Gasteiger partial charge in [-0.3, -0.25) is 9.78 Å². The average molecular weight is 384 g/mol. The van der Waals surface area contributed by atoms with Gasteiger partial charge in [-0.05, 0) is 29.2 Å². The molecule has 1 aliphatic rings. The summed E-state index contributed by atoms with van der Waals surface area (Å²) >= 11 is 0.991. The van der Waals surface area contributed by atoms with Crippen LogP contribution in [0.25, 0.3) is 0 Å². The molecule has 0 amide bonds. The second-order valence-electron chi connectivity index (χ2n) is 6.31. The van der Waals surface area contributed by atoms with Gasteiger partial charge in [-0.15, -0.1) is 0 Å². The smallest absolute Gasteiger partial charge is 0.307 e. The predicted molar refractivity (Wildman–Crippen MR) is 106 cm³/mol. The standard InChI is InChI=1S/C20H20N2O4S/c1-13-4-2-3-5-15(10-13)17(22-25)12-26-16-8-6-14(7-9-16)11-18-19(23)21-20(24)27-18/h2-10,13,17,23H,11-12H2,1H3,(H,21,24). The van der Waals surface area contributed by atoms with Crippen molar-refractivity contribution in [2.75, 3.05) is 6.61 Å². The Bertz CT molecular complexity index is 938. The van der Waals surface area contributed by atoms with Crippen molar-refractivity contribution in [3.63, 3.8) is 0 Å². The van der Waals surface area contributed by atoms with Crippen LogP contribution in [0.15, 0.2) is 70.2 Å². The van der Waals surface area contributed by atoms with Crippen LogP contribution in [0.2, 0.25) is 0 Å². The van der Waals surface area contributed by atoms with Crippen molar-refractivity contribution >= 4 is 11.3 Å². The molecule has 3 rings (SSSR count). The van der Waals surface area contributed by atoms with Crippen LogP contribution in [0.4, 0.5) is 0 Å². The molecule has 0 saturated carbocycles. The number of rotatable bonds is 7. The summed E-state index contributed by atoms with van der Waals surface area (Å²) in [5.41, 5.74) is 1.78. The van der Waals surface area contributed by atoms with E-state index in [4.69, 9.17) is 4.74 Å². The van der Waals surface area contributed by atoms with E-state index in [0.717, 1.165) is 22.5 Å². The molecule has 0 spiro atoms. The highest BCUT2D eigenvalue weighted by atomic mass is 32.1. The maximum atomic E-state index is 11.3. The molecule has 2 aromatic rings. The second-order valence-corrected chi connectivity index (χ2v) is 7.38. The van der Waals surface area contributed by atoms with Gasteiger partial charge >= 0.3 is 4.87 Å². The average Bonchev–Trinajstić information content (AvgIpc) is 2.82. The van der Waals surface area contributed by atoms with Crippen LogP contribution in [0.5, 0.6) is 11.6 Å². The lowest BCUT2D eigenvalue weighted by Gasteiger charge is -2.13. The Hall–Kier alpha value is -2.93. The maximum absolute atomic E-state index is 11.3. The SMILES string of the molecule is CC1C=CC=CC(C(COc2ccc(Cc3sc(=O)[nH]c3O)cc2)N=O)=C1. The van der Waals surface area contributed by atoms with Crippen molar-refractivity contribution in [1.82, 2.24) is 4.98 Å². The summed E-state index contributed by atoms with van der Waals surface area (Å²) < 4.78 is 5.73. The van der Waals surface area contributed by atoms with Crippen LogP contribution in [-0.4, -0.2) is 22.7 Å². The zero-order valence-electron chi connectivity index (χ0n) is 14.8. The molecular weight excluding hydrogens is 364 g/mol. The van der Waals surface area contributed by atoms with Crippen molar-refractivity contribution in [3.8, 4) is 11.6 Å².